The molecule has 2 N–H and O–H groups in total. The standard InChI is InChI=1S/C9H9BrFNO/c1-5(13)9(10)7-4-6(12)2-3-8(7)11/h2-4,9H,12H2,1H3. The molecule has 0 fully saturated rings. The minimum absolute atomic E-state index is 0.149. The quantitative estimate of drug-likeness (QED) is 0.643. The van der Waals surface area contributed by atoms with Crippen LogP contribution in [0.3, 0.4) is 0 Å². The van der Waals surface area contributed by atoms with Crippen LogP contribution in [0.2, 0.25) is 0 Å². The highest BCUT2D eigenvalue weighted by molar-refractivity contribution is 9.09. The molecule has 1 atom stereocenters. The molecule has 0 radical (unpaired) electrons. The number of nitrogen functional groups attached to an aromatic ring is 1. The fraction of sp³-hybridized carbons (Fsp3) is 0.222. The third kappa shape index (κ3) is 2.28. The molecule has 0 saturated heterocycles. The van der Waals surface area contributed by atoms with Crippen molar-refractivity contribution in [3.05, 3.63) is 29.6 Å². The Bertz CT molecular complexity index is 340. The predicted octanol–water partition coefficient (Wildman–Crippen LogP) is 2.43. The van der Waals surface area contributed by atoms with Crippen molar-refractivity contribution in [1.29, 1.82) is 0 Å². The molecular weight excluding hydrogens is 237 g/mol. The zero-order valence-electron chi connectivity index (χ0n) is 7.05. The van der Waals surface area contributed by atoms with Gasteiger partial charge in [0, 0.05) is 11.3 Å². The fourth-order valence-corrected chi connectivity index (χ4v) is 1.33. The number of hydrogen-bond donors (Lipinski definition) is 1. The number of hydrogen-bond acceptors (Lipinski definition) is 2. The van der Waals surface area contributed by atoms with Gasteiger partial charge in [0.1, 0.15) is 16.4 Å². The first-order valence-corrected chi connectivity index (χ1v) is 4.63. The van der Waals surface area contributed by atoms with Crippen molar-refractivity contribution in [3.63, 3.8) is 0 Å². The maximum atomic E-state index is 13.1. The van der Waals surface area contributed by atoms with Crippen molar-refractivity contribution in [1.82, 2.24) is 0 Å². The second-order valence-corrected chi connectivity index (χ2v) is 3.67. The number of rotatable bonds is 2. The summed E-state index contributed by atoms with van der Waals surface area (Å²) in [6.45, 7) is 1.39. The molecule has 1 rings (SSSR count). The van der Waals surface area contributed by atoms with Gasteiger partial charge in [-0.05, 0) is 25.1 Å². The summed E-state index contributed by atoms with van der Waals surface area (Å²) < 4.78 is 13.1. The molecule has 0 saturated carbocycles. The average Bonchev–Trinajstić information content (AvgIpc) is 2.08. The van der Waals surface area contributed by atoms with Crippen LogP contribution in [-0.2, 0) is 4.79 Å². The number of alkyl halides is 1. The summed E-state index contributed by atoms with van der Waals surface area (Å²) in [5.74, 6) is -0.573. The summed E-state index contributed by atoms with van der Waals surface area (Å²) >= 11 is 3.09. The lowest BCUT2D eigenvalue weighted by Gasteiger charge is -2.07. The van der Waals surface area contributed by atoms with Crippen LogP contribution in [0.5, 0.6) is 0 Å². The Balaban J connectivity index is 3.12. The van der Waals surface area contributed by atoms with E-state index < -0.39 is 10.6 Å². The number of ketones is 1. The van der Waals surface area contributed by atoms with Crippen molar-refractivity contribution in [2.45, 2.75) is 11.8 Å². The lowest BCUT2D eigenvalue weighted by Crippen LogP contribution is -2.04. The van der Waals surface area contributed by atoms with Gasteiger partial charge in [0.25, 0.3) is 0 Å². The summed E-state index contributed by atoms with van der Waals surface area (Å²) in [6.07, 6.45) is 0. The SMILES string of the molecule is CC(=O)C(Br)c1cc(N)ccc1F. The molecule has 0 amide bonds. The van der Waals surface area contributed by atoms with Gasteiger partial charge in [-0.3, -0.25) is 4.79 Å². The molecule has 4 heteroatoms. The third-order valence-corrected chi connectivity index (χ3v) is 2.79. The van der Waals surface area contributed by atoms with Crippen LogP contribution in [0.1, 0.15) is 17.3 Å². The lowest BCUT2D eigenvalue weighted by atomic mass is 10.1. The number of nitrogens with two attached hydrogens (primary N) is 1. The summed E-state index contributed by atoms with van der Waals surface area (Å²) in [5.41, 5.74) is 6.20. The van der Waals surface area contributed by atoms with Crippen molar-refractivity contribution < 1.29 is 9.18 Å². The molecule has 2 nitrogen and oxygen atoms in total. The molecule has 1 unspecified atom stereocenters. The number of anilines is 1. The second kappa shape index (κ2) is 3.87. The van der Waals surface area contributed by atoms with E-state index in [9.17, 15) is 9.18 Å². The van der Waals surface area contributed by atoms with E-state index in [1.807, 2.05) is 0 Å². The number of Topliss-reactive ketones (excluding diaryl/α,β-unsaturated/α-hetero) is 1. The van der Waals surface area contributed by atoms with Crippen molar-refractivity contribution in [2.75, 3.05) is 5.73 Å². The molecule has 0 heterocycles. The monoisotopic (exact) mass is 245 g/mol. The van der Waals surface area contributed by atoms with Crippen LogP contribution in [0.4, 0.5) is 10.1 Å². The Labute approximate surface area is 84.1 Å². The highest BCUT2D eigenvalue weighted by Gasteiger charge is 2.16. The topological polar surface area (TPSA) is 43.1 Å². The molecular formula is C9H9BrFNO. The van der Waals surface area contributed by atoms with Gasteiger partial charge in [0.15, 0.2) is 0 Å². The minimum atomic E-state index is -0.615. The lowest BCUT2D eigenvalue weighted by molar-refractivity contribution is -0.116. The molecule has 0 aliphatic heterocycles. The summed E-state index contributed by atoms with van der Waals surface area (Å²) in [7, 11) is 0. The first-order valence-electron chi connectivity index (χ1n) is 3.72. The van der Waals surface area contributed by atoms with Gasteiger partial charge < -0.3 is 5.73 Å². The summed E-state index contributed by atoms with van der Waals surface area (Å²) in [5, 5.41) is 0. The van der Waals surface area contributed by atoms with Gasteiger partial charge in [-0.15, -0.1) is 0 Å². The van der Waals surface area contributed by atoms with E-state index in [0.29, 0.717) is 5.69 Å². The number of halogens is 2. The largest absolute Gasteiger partial charge is 0.399 e. The number of benzene rings is 1. The van der Waals surface area contributed by atoms with Gasteiger partial charge in [-0.1, -0.05) is 15.9 Å². The van der Waals surface area contributed by atoms with Crippen LogP contribution >= 0.6 is 15.9 Å². The maximum Gasteiger partial charge on any atom is 0.147 e. The Morgan fingerprint density at radius 3 is 2.77 bits per heavy atom. The molecule has 1 aromatic rings. The Kier molecular flexibility index (Phi) is 3.03. The second-order valence-electron chi connectivity index (χ2n) is 2.75. The highest BCUT2D eigenvalue weighted by atomic mass is 79.9. The van der Waals surface area contributed by atoms with Gasteiger partial charge in [0.05, 0.1) is 0 Å². The van der Waals surface area contributed by atoms with Crippen LogP contribution in [0, 0.1) is 5.82 Å². The molecule has 0 spiro atoms. The van der Waals surface area contributed by atoms with Crippen molar-refractivity contribution in [2.24, 2.45) is 0 Å². The number of carbonyl (C=O) groups is 1. The molecule has 1 aromatic carbocycles. The van der Waals surface area contributed by atoms with Crippen LogP contribution in [-0.4, -0.2) is 5.78 Å². The van der Waals surface area contributed by atoms with Gasteiger partial charge in [-0.25, -0.2) is 4.39 Å². The van der Waals surface area contributed by atoms with E-state index in [2.05, 4.69) is 15.9 Å². The highest BCUT2D eigenvalue weighted by Crippen LogP contribution is 2.27. The molecule has 0 aromatic heterocycles. The Hall–Kier alpha value is -0.900. The smallest absolute Gasteiger partial charge is 0.147 e. The number of carbonyl (C=O) groups excluding carboxylic acids is 1. The molecule has 70 valence electrons. The van der Waals surface area contributed by atoms with Crippen molar-refractivity contribution >= 4 is 27.4 Å². The first kappa shape index (κ1) is 10.2. The predicted molar refractivity (Wildman–Crippen MR) is 53.2 cm³/mol. The molecule has 0 aliphatic carbocycles. The first-order chi connectivity index (χ1) is 6.02. The van der Waals surface area contributed by atoms with E-state index in [-0.39, 0.29) is 11.3 Å². The van der Waals surface area contributed by atoms with E-state index in [4.69, 9.17) is 5.73 Å². The van der Waals surface area contributed by atoms with Gasteiger partial charge >= 0.3 is 0 Å². The third-order valence-electron chi connectivity index (χ3n) is 1.65. The Morgan fingerprint density at radius 1 is 1.62 bits per heavy atom. The van der Waals surface area contributed by atoms with Crippen LogP contribution in [0.25, 0.3) is 0 Å². The molecule has 13 heavy (non-hydrogen) atoms. The van der Waals surface area contributed by atoms with E-state index >= 15 is 0 Å². The Morgan fingerprint density at radius 2 is 2.23 bits per heavy atom. The zero-order valence-corrected chi connectivity index (χ0v) is 8.64. The molecule has 0 aliphatic rings. The van der Waals surface area contributed by atoms with E-state index in [1.165, 1.54) is 25.1 Å². The molecule has 0 bridgehead atoms. The normalized spacial score (nSPS) is 12.5. The minimum Gasteiger partial charge on any atom is -0.399 e. The van der Waals surface area contributed by atoms with Gasteiger partial charge in [-0.2, -0.15) is 0 Å². The van der Waals surface area contributed by atoms with Gasteiger partial charge in [0.2, 0.25) is 0 Å². The fourth-order valence-electron chi connectivity index (χ4n) is 0.975. The zero-order chi connectivity index (χ0) is 10.0. The van der Waals surface area contributed by atoms with E-state index in [1.54, 1.807) is 0 Å². The summed E-state index contributed by atoms with van der Waals surface area (Å²) in [6, 6.07) is 4.16. The maximum absolute atomic E-state index is 13.1. The van der Waals surface area contributed by atoms with E-state index in [0.717, 1.165) is 0 Å². The summed E-state index contributed by atoms with van der Waals surface area (Å²) in [4.78, 5) is 10.3. The van der Waals surface area contributed by atoms with Crippen molar-refractivity contribution in [3.8, 4) is 0 Å². The van der Waals surface area contributed by atoms with Crippen LogP contribution < -0.4 is 5.73 Å². The average molecular weight is 246 g/mol. The van der Waals surface area contributed by atoms with Crippen LogP contribution in [0.15, 0.2) is 18.2 Å².